The third-order valence-corrected chi connectivity index (χ3v) is 5.29. The van der Waals surface area contributed by atoms with Crippen LogP contribution in [0.1, 0.15) is 43.7 Å². The highest BCUT2D eigenvalue weighted by Crippen LogP contribution is 2.33. The third-order valence-electron chi connectivity index (χ3n) is 5.29. The molecular weight excluding hydrogens is 333 g/mol. The van der Waals surface area contributed by atoms with E-state index in [1.54, 1.807) is 17.0 Å². The highest BCUT2D eigenvalue weighted by atomic mass is 19.1. The van der Waals surface area contributed by atoms with Gasteiger partial charge in [0.25, 0.3) is 5.91 Å². The minimum Gasteiger partial charge on any atom is -0.333 e. The molecule has 0 spiro atoms. The summed E-state index contributed by atoms with van der Waals surface area (Å²) in [4.78, 5) is 26.7. The van der Waals surface area contributed by atoms with E-state index in [1.165, 1.54) is 30.5 Å². The van der Waals surface area contributed by atoms with E-state index >= 15 is 0 Å². The Hall–Kier alpha value is -2.63. The largest absolute Gasteiger partial charge is 0.333 e. The summed E-state index contributed by atoms with van der Waals surface area (Å²) in [6.45, 7) is 1.05. The van der Waals surface area contributed by atoms with Gasteiger partial charge in [-0.15, -0.1) is 0 Å². The van der Waals surface area contributed by atoms with Gasteiger partial charge in [-0.25, -0.2) is 9.18 Å². The van der Waals surface area contributed by atoms with Crippen LogP contribution in [0.3, 0.4) is 0 Å². The van der Waals surface area contributed by atoms with E-state index in [1.807, 2.05) is 0 Å². The molecule has 2 aliphatic heterocycles. The number of hydrogen-bond donors (Lipinski definition) is 2. The van der Waals surface area contributed by atoms with Crippen molar-refractivity contribution in [3.63, 3.8) is 0 Å². The highest BCUT2D eigenvalue weighted by Gasteiger charge is 2.40. The van der Waals surface area contributed by atoms with Crippen molar-refractivity contribution < 1.29 is 14.0 Å². The minimum atomic E-state index is -0.610. The molecule has 136 valence electrons. The summed E-state index contributed by atoms with van der Waals surface area (Å²) >= 11 is 0. The Balaban J connectivity index is 1.53. The fourth-order valence-electron chi connectivity index (χ4n) is 3.96. The molecule has 3 amide bonds. The van der Waals surface area contributed by atoms with Crippen LogP contribution in [0.5, 0.6) is 0 Å². The summed E-state index contributed by atoms with van der Waals surface area (Å²) in [6, 6.07) is 5.06. The second kappa shape index (κ2) is 6.94. The Labute approximate surface area is 151 Å². The van der Waals surface area contributed by atoms with Gasteiger partial charge < -0.3 is 15.5 Å². The fraction of sp³-hybridized carbons (Fsp3) is 0.400. The lowest BCUT2D eigenvalue weighted by Gasteiger charge is -2.25. The molecule has 2 N–H and O–H groups in total. The number of amides is 3. The monoisotopic (exact) mass is 355 g/mol. The van der Waals surface area contributed by atoms with Crippen LogP contribution in [0.2, 0.25) is 0 Å². The van der Waals surface area contributed by atoms with Gasteiger partial charge in [-0.3, -0.25) is 4.79 Å². The molecule has 26 heavy (non-hydrogen) atoms. The summed E-state index contributed by atoms with van der Waals surface area (Å²) in [5, 5.41) is 5.50. The van der Waals surface area contributed by atoms with Crippen molar-refractivity contribution in [3.05, 3.63) is 58.6 Å². The lowest BCUT2D eigenvalue weighted by molar-refractivity contribution is -0.125. The van der Waals surface area contributed by atoms with Crippen molar-refractivity contribution in [3.8, 4) is 0 Å². The topological polar surface area (TPSA) is 61.4 Å². The Morgan fingerprint density at radius 1 is 1.23 bits per heavy atom. The number of hydrogen-bond acceptors (Lipinski definition) is 2. The molecule has 1 aromatic carbocycles. The molecule has 0 bridgehead atoms. The second-order valence-electron chi connectivity index (χ2n) is 7.06. The summed E-state index contributed by atoms with van der Waals surface area (Å²) in [5.41, 5.74) is 3.15. The van der Waals surface area contributed by atoms with Gasteiger partial charge in [-0.2, -0.15) is 0 Å². The summed E-state index contributed by atoms with van der Waals surface area (Å²) in [6.07, 6.45) is 7.86. The van der Waals surface area contributed by atoms with Gasteiger partial charge in [0.15, 0.2) is 0 Å². The molecule has 0 saturated carbocycles. The van der Waals surface area contributed by atoms with Gasteiger partial charge in [0.05, 0.1) is 23.9 Å². The number of rotatable bonds is 4. The van der Waals surface area contributed by atoms with Crippen molar-refractivity contribution >= 4 is 11.9 Å². The van der Waals surface area contributed by atoms with Gasteiger partial charge in [-0.05, 0) is 49.8 Å². The number of benzene rings is 1. The third kappa shape index (κ3) is 3.23. The summed E-state index contributed by atoms with van der Waals surface area (Å²) < 4.78 is 13.6. The van der Waals surface area contributed by atoms with Crippen LogP contribution >= 0.6 is 0 Å². The molecular formula is C20H22FN3O2. The molecule has 0 fully saturated rings. The predicted octanol–water partition coefficient (Wildman–Crippen LogP) is 3.17. The minimum absolute atomic E-state index is 0.0850. The number of carbonyl (C=O) groups excluding carboxylic acids is 2. The van der Waals surface area contributed by atoms with Crippen molar-refractivity contribution in [1.82, 2.24) is 15.5 Å². The predicted molar refractivity (Wildman–Crippen MR) is 95.6 cm³/mol. The van der Waals surface area contributed by atoms with Gasteiger partial charge >= 0.3 is 6.03 Å². The van der Waals surface area contributed by atoms with E-state index in [2.05, 4.69) is 16.7 Å². The van der Waals surface area contributed by atoms with Crippen molar-refractivity contribution in [2.75, 3.05) is 13.1 Å². The van der Waals surface area contributed by atoms with Crippen molar-refractivity contribution in [2.24, 2.45) is 0 Å². The molecule has 0 aromatic heterocycles. The van der Waals surface area contributed by atoms with E-state index in [9.17, 15) is 14.0 Å². The molecule has 6 heteroatoms. The molecule has 1 atom stereocenters. The summed E-state index contributed by atoms with van der Waals surface area (Å²) in [5.74, 6) is -0.470. The Morgan fingerprint density at radius 2 is 2.12 bits per heavy atom. The number of nitrogens with zero attached hydrogens (tertiary/aromatic N) is 1. The zero-order valence-corrected chi connectivity index (χ0v) is 14.6. The number of halogens is 1. The van der Waals surface area contributed by atoms with Crippen LogP contribution in [-0.4, -0.2) is 29.9 Å². The van der Waals surface area contributed by atoms with Gasteiger partial charge in [0, 0.05) is 6.54 Å². The van der Waals surface area contributed by atoms with Crippen LogP contribution in [0.15, 0.2) is 47.2 Å². The average Bonchev–Trinajstić information content (AvgIpc) is 2.96. The van der Waals surface area contributed by atoms with Crippen LogP contribution in [0.25, 0.3) is 0 Å². The number of allylic oxidation sites excluding steroid dienone is 1. The number of carbonyl (C=O) groups is 2. The van der Waals surface area contributed by atoms with E-state index in [0.29, 0.717) is 29.9 Å². The van der Waals surface area contributed by atoms with Gasteiger partial charge in [-0.1, -0.05) is 23.8 Å². The molecule has 4 rings (SSSR count). The smallest absolute Gasteiger partial charge is 0.319 e. The van der Waals surface area contributed by atoms with E-state index in [-0.39, 0.29) is 17.8 Å². The molecule has 0 saturated heterocycles. The van der Waals surface area contributed by atoms with Crippen molar-refractivity contribution in [2.45, 2.75) is 38.1 Å². The average molecular weight is 355 g/mol. The van der Waals surface area contributed by atoms with Gasteiger partial charge in [0.1, 0.15) is 5.82 Å². The zero-order valence-electron chi connectivity index (χ0n) is 14.6. The molecule has 5 nitrogen and oxygen atoms in total. The van der Waals surface area contributed by atoms with E-state index in [0.717, 1.165) is 19.3 Å². The lowest BCUT2D eigenvalue weighted by Crippen LogP contribution is -2.44. The normalized spacial score (nSPS) is 22.7. The molecule has 3 aliphatic rings. The first-order valence-electron chi connectivity index (χ1n) is 9.15. The maximum absolute atomic E-state index is 13.6. The SMILES string of the molecule is O=C1NC2=C(C(=O)N(CCC3=CCCCC3)C2)[C@H](c2cccc(F)c2)N1. The first kappa shape index (κ1) is 16.8. The summed E-state index contributed by atoms with van der Waals surface area (Å²) in [7, 11) is 0. The molecule has 1 aromatic rings. The lowest BCUT2D eigenvalue weighted by atomic mass is 9.96. The first-order chi connectivity index (χ1) is 12.6. The number of urea groups is 1. The Kier molecular flexibility index (Phi) is 4.49. The molecule has 2 heterocycles. The molecule has 1 aliphatic carbocycles. The van der Waals surface area contributed by atoms with Crippen LogP contribution < -0.4 is 10.6 Å². The van der Waals surface area contributed by atoms with E-state index < -0.39 is 6.04 Å². The maximum atomic E-state index is 13.6. The fourth-order valence-corrected chi connectivity index (χ4v) is 3.96. The number of nitrogens with one attached hydrogen (secondary N) is 2. The van der Waals surface area contributed by atoms with Crippen LogP contribution in [0.4, 0.5) is 9.18 Å². The molecule has 0 radical (unpaired) electrons. The maximum Gasteiger partial charge on any atom is 0.319 e. The van der Waals surface area contributed by atoms with E-state index in [4.69, 9.17) is 0 Å². The quantitative estimate of drug-likeness (QED) is 0.815. The Morgan fingerprint density at radius 3 is 2.88 bits per heavy atom. The van der Waals surface area contributed by atoms with Crippen molar-refractivity contribution in [1.29, 1.82) is 0 Å². The standard InChI is InChI=1S/C20H22FN3O2/c21-15-8-4-7-14(11-15)18-17-16(22-20(26)23-18)12-24(19(17)25)10-9-13-5-2-1-3-6-13/h4-5,7-8,11,18H,1-3,6,9-10,12H2,(H2,22,23,26)/t18-/m0/s1. The Bertz CT molecular complexity index is 815. The zero-order chi connectivity index (χ0) is 18.1. The van der Waals surface area contributed by atoms with Crippen LogP contribution in [0, 0.1) is 5.82 Å². The van der Waals surface area contributed by atoms with Gasteiger partial charge in [0.2, 0.25) is 0 Å². The highest BCUT2D eigenvalue weighted by molar-refractivity contribution is 6.01. The second-order valence-corrected chi connectivity index (χ2v) is 7.06. The molecule has 0 unspecified atom stereocenters. The van der Waals surface area contributed by atoms with Crippen LogP contribution in [-0.2, 0) is 4.79 Å². The first-order valence-corrected chi connectivity index (χ1v) is 9.15.